The number of benzene rings is 1. The molecule has 0 saturated carbocycles. The number of fused-ring (bicyclic) bond motifs is 1. The molecule has 1 aromatic rings. The third-order valence-electron chi connectivity index (χ3n) is 4.31. The van der Waals surface area contributed by atoms with Gasteiger partial charge in [-0.05, 0) is 38.7 Å². The van der Waals surface area contributed by atoms with E-state index >= 15 is 0 Å². The van der Waals surface area contributed by atoms with Crippen molar-refractivity contribution in [2.45, 2.75) is 51.2 Å². The van der Waals surface area contributed by atoms with Crippen molar-refractivity contribution in [1.29, 1.82) is 0 Å². The van der Waals surface area contributed by atoms with Crippen LogP contribution < -0.4 is 0 Å². The largest absolute Gasteiger partial charge is 0.287 e. The summed E-state index contributed by atoms with van der Waals surface area (Å²) in [4.78, 5) is 2.72. The van der Waals surface area contributed by atoms with Gasteiger partial charge in [0.1, 0.15) is 0 Å². The molecule has 3 rings (SSSR count). The molecule has 1 fully saturated rings. The lowest BCUT2D eigenvalue weighted by molar-refractivity contribution is 0.146. The minimum absolute atomic E-state index is 0.601. The molecule has 90 valence electrons. The zero-order valence-corrected chi connectivity index (χ0v) is 10.8. The topological polar surface area (TPSA) is 3.24 Å². The number of nitrogens with zero attached hydrogens (tertiary/aromatic N) is 1. The summed E-state index contributed by atoms with van der Waals surface area (Å²) in [6, 6.07) is 13.0. The lowest BCUT2D eigenvalue weighted by atomic mass is 9.92. The maximum absolute atomic E-state index is 2.72. The number of hydrogen-bond acceptors (Lipinski definition) is 1. The van der Waals surface area contributed by atoms with E-state index in [-0.39, 0.29) is 0 Å². The Morgan fingerprint density at radius 3 is 2.65 bits per heavy atom. The van der Waals surface area contributed by atoms with Crippen LogP contribution in [0, 0.1) is 0 Å². The Balaban J connectivity index is 1.96. The van der Waals surface area contributed by atoms with E-state index in [0.29, 0.717) is 12.1 Å². The number of hydrogen-bond donors (Lipinski definition) is 0. The fraction of sp³-hybridized carbons (Fsp3) is 0.500. The van der Waals surface area contributed by atoms with E-state index in [1.54, 1.807) is 5.57 Å². The van der Waals surface area contributed by atoms with Gasteiger partial charge in [-0.1, -0.05) is 42.0 Å². The smallest absolute Gasteiger partial charge is 0.0393 e. The zero-order chi connectivity index (χ0) is 11.8. The molecule has 0 unspecified atom stereocenters. The fourth-order valence-electron chi connectivity index (χ4n) is 3.52. The predicted molar refractivity (Wildman–Crippen MR) is 71.9 cm³/mol. The molecule has 17 heavy (non-hydrogen) atoms. The van der Waals surface area contributed by atoms with E-state index in [0.717, 1.165) is 6.04 Å². The van der Waals surface area contributed by atoms with Crippen LogP contribution in [0.5, 0.6) is 0 Å². The van der Waals surface area contributed by atoms with Crippen LogP contribution in [-0.2, 0) is 0 Å². The maximum Gasteiger partial charge on any atom is 0.0393 e. The zero-order valence-electron chi connectivity index (χ0n) is 10.8. The Morgan fingerprint density at radius 1 is 1.12 bits per heavy atom. The highest BCUT2D eigenvalue weighted by atomic mass is 15.2. The first-order valence-corrected chi connectivity index (χ1v) is 6.75. The Kier molecular flexibility index (Phi) is 2.79. The third kappa shape index (κ3) is 1.93. The minimum Gasteiger partial charge on any atom is -0.287 e. The van der Waals surface area contributed by atoms with Crippen LogP contribution >= 0.6 is 0 Å². The molecule has 3 atom stereocenters. The van der Waals surface area contributed by atoms with E-state index in [2.05, 4.69) is 55.2 Å². The van der Waals surface area contributed by atoms with Gasteiger partial charge in [0.2, 0.25) is 0 Å². The lowest BCUT2D eigenvalue weighted by Crippen LogP contribution is -2.39. The van der Waals surface area contributed by atoms with Crippen molar-refractivity contribution in [2.24, 2.45) is 0 Å². The summed E-state index contributed by atoms with van der Waals surface area (Å²) in [6.07, 6.45) is 6.37. The van der Waals surface area contributed by atoms with Gasteiger partial charge in [0.15, 0.2) is 0 Å². The van der Waals surface area contributed by atoms with Gasteiger partial charge in [-0.2, -0.15) is 0 Å². The van der Waals surface area contributed by atoms with Crippen molar-refractivity contribution < 1.29 is 0 Å². The SMILES string of the molecule is CC1=C[C@H]2CC[C@H](C)N2[C@H](c2ccccc2)C1. The Morgan fingerprint density at radius 2 is 1.88 bits per heavy atom. The highest BCUT2D eigenvalue weighted by Crippen LogP contribution is 2.41. The fourth-order valence-corrected chi connectivity index (χ4v) is 3.52. The Hall–Kier alpha value is -1.08. The molecule has 0 aromatic heterocycles. The summed E-state index contributed by atoms with van der Waals surface area (Å²) in [5.41, 5.74) is 3.05. The molecular formula is C16H21N. The van der Waals surface area contributed by atoms with E-state index < -0.39 is 0 Å². The highest BCUT2D eigenvalue weighted by Gasteiger charge is 2.37. The van der Waals surface area contributed by atoms with Gasteiger partial charge >= 0.3 is 0 Å². The first kappa shape index (κ1) is 11.0. The van der Waals surface area contributed by atoms with Crippen molar-refractivity contribution >= 4 is 0 Å². The van der Waals surface area contributed by atoms with E-state index in [1.807, 2.05) is 0 Å². The maximum atomic E-state index is 2.72. The summed E-state index contributed by atoms with van der Waals surface area (Å²) in [5, 5.41) is 0. The van der Waals surface area contributed by atoms with Crippen LogP contribution in [0.25, 0.3) is 0 Å². The van der Waals surface area contributed by atoms with Gasteiger partial charge in [0.25, 0.3) is 0 Å². The molecule has 0 N–H and O–H groups in total. The molecule has 1 aromatic carbocycles. The monoisotopic (exact) mass is 227 g/mol. The van der Waals surface area contributed by atoms with Gasteiger partial charge in [0.05, 0.1) is 0 Å². The summed E-state index contributed by atoms with van der Waals surface area (Å²) in [7, 11) is 0. The second-order valence-electron chi connectivity index (χ2n) is 5.58. The summed E-state index contributed by atoms with van der Waals surface area (Å²) in [6.45, 7) is 4.67. The molecule has 0 radical (unpaired) electrons. The summed E-state index contributed by atoms with van der Waals surface area (Å²) < 4.78 is 0. The summed E-state index contributed by atoms with van der Waals surface area (Å²) in [5.74, 6) is 0. The van der Waals surface area contributed by atoms with Crippen LogP contribution in [0.4, 0.5) is 0 Å². The third-order valence-corrected chi connectivity index (χ3v) is 4.31. The first-order chi connectivity index (χ1) is 8.25. The van der Waals surface area contributed by atoms with E-state index in [1.165, 1.54) is 24.8 Å². The van der Waals surface area contributed by atoms with Crippen molar-refractivity contribution in [3.8, 4) is 0 Å². The van der Waals surface area contributed by atoms with Crippen molar-refractivity contribution in [1.82, 2.24) is 4.90 Å². The van der Waals surface area contributed by atoms with Crippen molar-refractivity contribution in [3.63, 3.8) is 0 Å². The lowest BCUT2D eigenvalue weighted by Gasteiger charge is -2.39. The van der Waals surface area contributed by atoms with Crippen LogP contribution in [0.3, 0.4) is 0 Å². The van der Waals surface area contributed by atoms with Crippen LogP contribution in [0.1, 0.15) is 44.7 Å². The molecule has 0 bridgehead atoms. The quantitative estimate of drug-likeness (QED) is 0.657. The second kappa shape index (κ2) is 4.30. The Labute approximate surface area is 104 Å². The van der Waals surface area contributed by atoms with E-state index in [4.69, 9.17) is 0 Å². The molecule has 1 saturated heterocycles. The van der Waals surface area contributed by atoms with Gasteiger partial charge in [-0.15, -0.1) is 0 Å². The van der Waals surface area contributed by atoms with E-state index in [9.17, 15) is 0 Å². The standard InChI is InChI=1S/C16H21N/c1-12-10-15-9-8-13(2)17(15)16(11-12)14-6-4-3-5-7-14/h3-7,10,13,15-16H,8-9,11H2,1-2H3/t13-,15+,16-/m0/s1. The normalized spacial score (nSPS) is 33.3. The molecule has 2 aliphatic heterocycles. The average molecular weight is 227 g/mol. The van der Waals surface area contributed by atoms with Crippen LogP contribution in [-0.4, -0.2) is 17.0 Å². The van der Waals surface area contributed by atoms with Gasteiger partial charge in [0, 0.05) is 18.1 Å². The highest BCUT2D eigenvalue weighted by molar-refractivity contribution is 5.26. The molecule has 1 heteroatoms. The summed E-state index contributed by atoms with van der Waals surface area (Å²) >= 11 is 0. The van der Waals surface area contributed by atoms with Crippen molar-refractivity contribution in [3.05, 3.63) is 47.5 Å². The Bertz CT molecular complexity index is 420. The average Bonchev–Trinajstić information content (AvgIpc) is 2.71. The van der Waals surface area contributed by atoms with Crippen LogP contribution in [0.2, 0.25) is 0 Å². The minimum atomic E-state index is 0.601. The molecule has 0 spiro atoms. The second-order valence-corrected chi connectivity index (χ2v) is 5.58. The molecular weight excluding hydrogens is 206 g/mol. The number of rotatable bonds is 1. The van der Waals surface area contributed by atoms with Gasteiger partial charge < -0.3 is 0 Å². The molecule has 0 amide bonds. The molecule has 2 aliphatic rings. The predicted octanol–water partition coefficient (Wildman–Crippen LogP) is 3.93. The first-order valence-electron chi connectivity index (χ1n) is 6.75. The molecule has 1 nitrogen and oxygen atoms in total. The van der Waals surface area contributed by atoms with Crippen molar-refractivity contribution in [2.75, 3.05) is 0 Å². The van der Waals surface area contributed by atoms with Crippen LogP contribution in [0.15, 0.2) is 42.0 Å². The van der Waals surface area contributed by atoms with Gasteiger partial charge in [-0.3, -0.25) is 4.90 Å². The van der Waals surface area contributed by atoms with Gasteiger partial charge in [-0.25, -0.2) is 0 Å². The molecule has 2 heterocycles. The molecule has 0 aliphatic carbocycles.